The number of nitrogens with two attached hydrogens (primary N) is 1. The van der Waals surface area contributed by atoms with Gasteiger partial charge in [-0.15, -0.1) is 0 Å². The molecule has 0 aliphatic rings. The Bertz CT molecular complexity index is 631. The lowest BCUT2D eigenvalue weighted by Gasteiger charge is -2.17. The van der Waals surface area contributed by atoms with Crippen LogP contribution in [0.15, 0.2) is 23.1 Å². The fourth-order valence-corrected chi connectivity index (χ4v) is 4.13. The standard InChI is InChI=1S/C15H22N2O2S2/c1-4-14(11-20-3)17-21(18,19)15-8-7-12(2)10-13(15)6-5-9-16/h7-8,10,14,17H,4,9,11,16H2,1-3H3. The van der Waals surface area contributed by atoms with Gasteiger partial charge in [0, 0.05) is 17.4 Å². The van der Waals surface area contributed by atoms with Gasteiger partial charge in [-0.05, 0) is 37.3 Å². The molecule has 0 fully saturated rings. The Morgan fingerprint density at radius 2 is 2.14 bits per heavy atom. The zero-order valence-corrected chi connectivity index (χ0v) is 14.3. The molecule has 6 heteroatoms. The molecule has 0 spiro atoms. The van der Waals surface area contributed by atoms with Crippen molar-refractivity contribution in [2.45, 2.75) is 31.2 Å². The molecule has 0 saturated heterocycles. The zero-order chi connectivity index (χ0) is 15.9. The number of rotatable bonds is 6. The van der Waals surface area contributed by atoms with Gasteiger partial charge in [0.25, 0.3) is 0 Å². The molecule has 3 N–H and O–H groups in total. The first kappa shape index (κ1) is 18.1. The number of aryl methyl sites for hydroxylation is 1. The van der Waals surface area contributed by atoms with Crippen molar-refractivity contribution >= 4 is 21.8 Å². The molecule has 0 amide bonds. The van der Waals surface area contributed by atoms with Gasteiger partial charge in [-0.1, -0.05) is 24.8 Å². The first-order valence-corrected chi connectivity index (χ1v) is 9.63. The number of sulfonamides is 1. The number of nitrogens with one attached hydrogen (secondary N) is 1. The van der Waals surface area contributed by atoms with Gasteiger partial charge < -0.3 is 5.73 Å². The molecule has 0 aliphatic heterocycles. The van der Waals surface area contributed by atoms with Crippen LogP contribution in [0.5, 0.6) is 0 Å². The van der Waals surface area contributed by atoms with Crippen LogP contribution < -0.4 is 10.5 Å². The molecule has 0 aromatic heterocycles. The maximum Gasteiger partial charge on any atom is 0.242 e. The molecule has 0 radical (unpaired) electrons. The summed E-state index contributed by atoms with van der Waals surface area (Å²) in [4.78, 5) is 0.216. The van der Waals surface area contributed by atoms with Gasteiger partial charge in [0.2, 0.25) is 10.0 Å². The molecular weight excluding hydrogens is 304 g/mol. The van der Waals surface area contributed by atoms with Crippen LogP contribution in [0.25, 0.3) is 0 Å². The summed E-state index contributed by atoms with van der Waals surface area (Å²) in [5, 5.41) is 0. The highest BCUT2D eigenvalue weighted by atomic mass is 32.2. The summed E-state index contributed by atoms with van der Waals surface area (Å²) >= 11 is 1.62. The highest BCUT2D eigenvalue weighted by Gasteiger charge is 2.21. The van der Waals surface area contributed by atoms with Gasteiger partial charge >= 0.3 is 0 Å². The second-order valence-corrected chi connectivity index (χ2v) is 7.28. The first-order valence-electron chi connectivity index (χ1n) is 6.75. The Kier molecular flexibility index (Phi) is 7.26. The third-order valence-corrected chi connectivity index (χ3v) is 5.25. The Hall–Kier alpha value is -1.00. The van der Waals surface area contributed by atoms with Gasteiger partial charge in [-0.25, -0.2) is 13.1 Å². The van der Waals surface area contributed by atoms with Crippen molar-refractivity contribution in [3.63, 3.8) is 0 Å². The summed E-state index contributed by atoms with van der Waals surface area (Å²) in [6, 6.07) is 5.07. The number of benzene rings is 1. The normalized spacial score (nSPS) is 12.6. The molecule has 1 unspecified atom stereocenters. The van der Waals surface area contributed by atoms with E-state index in [4.69, 9.17) is 5.73 Å². The molecule has 1 rings (SSSR count). The summed E-state index contributed by atoms with van der Waals surface area (Å²) in [7, 11) is -3.58. The lowest BCUT2D eigenvalue weighted by Crippen LogP contribution is -2.36. The topological polar surface area (TPSA) is 72.2 Å². The number of hydrogen-bond donors (Lipinski definition) is 2. The average molecular weight is 326 g/mol. The van der Waals surface area contributed by atoms with Crippen molar-refractivity contribution in [2.24, 2.45) is 5.73 Å². The molecule has 0 bridgehead atoms. The van der Waals surface area contributed by atoms with Crippen molar-refractivity contribution < 1.29 is 8.42 Å². The van der Waals surface area contributed by atoms with E-state index in [0.29, 0.717) is 5.56 Å². The highest BCUT2D eigenvalue weighted by molar-refractivity contribution is 7.98. The lowest BCUT2D eigenvalue weighted by atomic mass is 10.1. The molecule has 1 atom stereocenters. The summed E-state index contributed by atoms with van der Waals surface area (Å²) < 4.78 is 27.9. The molecule has 1 aromatic carbocycles. The maximum atomic E-state index is 12.6. The zero-order valence-electron chi connectivity index (χ0n) is 12.6. The van der Waals surface area contributed by atoms with Crippen LogP contribution in [0.2, 0.25) is 0 Å². The van der Waals surface area contributed by atoms with Crippen molar-refractivity contribution in [1.82, 2.24) is 4.72 Å². The molecule has 0 heterocycles. The quantitative estimate of drug-likeness (QED) is 0.781. The predicted molar refractivity (Wildman–Crippen MR) is 89.9 cm³/mol. The summed E-state index contributed by atoms with van der Waals surface area (Å²) in [5.41, 5.74) is 6.83. The van der Waals surface area contributed by atoms with Crippen LogP contribution in [0.4, 0.5) is 0 Å². The van der Waals surface area contributed by atoms with Crippen LogP contribution in [0.3, 0.4) is 0 Å². The fraction of sp³-hybridized carbons (Fsp3) is 0.467. The summed E-state index contributed by atoms with van der Waals surface area (Å²) in [5.74, 6) is 6.30. The SMILES string of the molecule is CCC(CSC)NS(=O)(=O)c1ccc(C)cc1C#CCN. The van der Waals surface area contributed by atoms with Gasteiger partial charge in [0.05, 0.1) is 11.4 Å². The van der Waals surface area contributed by atoms with Crippen LogP contribution in [-0.2, 0) is 10.0 Å². The minimum atomic E-state index is -3.58. The van der Waals surface area contributed by atoms with Crippen LogP contribution in [0, 0.1) is 18.8 Å². The van der Waals surface area contributed by atoms with Crippen molar-refractivity contribution in [2.75, 3.05) is 18.6 Å². The fourth-order valence-electron chi connectivity index (χ4n) is 1.84. The van der Waals surface area contributed by atoms with Crippen LogP contribution >= 0.6 is 11.8 Å². The first-order chi connectivity index (χ1) is 9.94. The molecule has 0 aliphatic carbocycles. The van der Waals surface area contributed by atoms with Crippen molar-refractivity contribution in [3.05, 3.63) is 29.3 Å². The number of thioether (sulfide) groups is 1. The average Bonchev–Trinajstić information content (AvgIpc) is 2.44. The van der Waals surface area contributed by atoms with Gasteiger partial charge in [0.1, 0.15) is 0 Å². The Morgan fingerprint density at radius 3 is 2.71 bits per heavy atom. The van der Waals surface area contributed by atoms with E-state index >= 15 is 0 Å². The molecule has 1 aromatic rings. The van der Waals surface area contributed by atoms with E-state index in [9.17, 15) is 8.42 Å². The van der Waals surface area contributed by atoms with E-state index in [1.165, 1.54) is 0 Å². The third-order valence-electron chi connectivity index (χ3n) is 2.93. The lowest BCUT2D eigenvalue weighted by molar-refractivity contribution is 0.558. The second kappa shape index (κ2) is 8.44. The summed E-state index contributed by atoms with van der Waals surface area (Å²) in [6.45, 7) is 4.07. The Labute approximate surface area is 131 Å². The molecule has 116 valence electrons. The molecule has 21 heavy (non-hydrogen) atoms. The third kappa shape index (κ3) is 5.36. The monoisotopic (exact) mass is 326 g/mol. The van der Waals surface area contributed by atoms with Gasteiger partial charge in [0.15, 0.2) is 0 Å². The maximum absolute atomic E-state index is 12.6. The molecule has 4 nitrogen and oxygen atoms in total. The van der Waals surface area contributed by atoms with E-state index in [2.05, 4.69) is 16.6 Å². The van der Waals surface area contributed by atoms with E-state index in [-0.39, 0.29) is 17.5 Å². The largest absolute Gasteiger partial charge is 0.320 e. The van der Waals surface area contributed by atoms with E-state index in [1.54, 1.807) is 30.0 Å². The molecular formula is C15H22N2O2S2. The minimum Gasteiger partial charge on any atom is -0.320 e. The Balaban J connectivity index is 3.18. The van der Waals surface area contributed by atoms with Gasteiger partial charge in [-0.2, -0.15) is 11.8 Å². The minimum absolute atomic E-state index is 0.0818. The van der Waals surface area contributed by atoms with E-state index < -0.39 is 10.0 Å². The van der Waals surface area contributed by atoms with E-state index in [0.717, 1.165) is 17.7 Å². The van der Waals surface area contributed by atoms with Gasteiger partial charge in [-0.3, -0.25) is 0 Å². The van der Waals surface area contributed by atoms with Crippen LogP contribution in [-0.4, -0.2) is 33.0 Å². The van der Waals surface area contributed by atoms with Crippen molar-refractivity contribution in [1.29, 1.82) is 0 Å². The number of hydrogen-bond acceptors (Lipinski definition) is 4. The molecule has 0 saturated carbocycles. The Morgan fingerprint density at radius 1 is 1.43 bits per heavy atom. The van der Waals surface area contributed by atoms with E-state index in [1.807, 2.05) is 20.1 Å². The second-order valence-electron chi connectivity index (χ2n) is 4.69. The predicted octanol–water partition coefficient (Wildman–Crippen LogP) is 1.73. The highest BCUT2D eigenvalue weighted by Crippen LogP contribution is 2.18. The van der Waals surface area contributed by atoms with Crippen LogP contribution in [0.1, 0.15) is 24.5 Å². The van der Waals surface area contributed by atoms with Crippen molar-refractivity contribution in [3.8, 4) is 11.8 Å². The smallest absolute Gasteiger partial charge is 0.242 e. The summed E-state index contributed by atoms with van der Waals surface area (Å²) in [6.07, 6.45) is 2.71.